The summed E-state index contributed by atoms with van der Waals surface area (Å²) in [5, 5.41) is 10.8. The van der Waals surface area contributed by atoms with Gasteiger partial charge in [-0.1, -0.05) is 19.1 Å². The van der Waals surface area contributed by atoms with Crippen molar-refractivity contribution in [2.75, 3.05) is 0 Å². The molecule has 21 heavy (non-hydrogen) atoms. The third-order valence-corrected chi connectivity index (χ3v) is 3.02. The van der Waals surface area contributed by atoms with E-state index >= 15 is 0 Å². The summed E-state index contributed by atoms with van der Waals surface area (Å²) in [5.74, 6) is 0.686. The summed E-state index contributed by atoms with van der Waals surface area (Å²) in [7, 11) is 0. The van der Waals surface area contributed by atoms with E-state index in [0.29, 0.717) is 22.6 Å². The van der Waals surface area contributed by atoms with Crippen molar-refractivity contribution < 1.29 is 13.2 Å². The monoisotopic (exact) mass is 314 g/mol. The molecule has 112 valence electrons. The van der Waals surface area contributed by atoms with Crippen LogP contribution in [0.1, 0.15) is 30.3 Å². The number of hydrogen-bond acceptors (Lipinski definition) is 3. The van der Waals surface area contributed by atoms with E-state index in [1.54, 1.807) is 0 Å². The number of aromatic nitrogens is 3. The maximum atomic E-state index is 12.5. The lowest BCUT2D eigenvalue weighted by Crippen LogP contribution is -2.04. The molecule has 2 rings (SSSR count). The Labute approximate surface area is 124 Å². The Morgan fingerprint density at radius 2 is 2.00 bits per heavy atom. The molecule has 1 aromatic carbocycles. The average molecular weight is 314 g/mol. The molecule has 0 aliphatic rings. The van der Waals surface area contributed by atoms with Crippen LogP contribution in [0.2, 0.25) is 0 Å². The molecule has 4 nitrogen and oxygen atoms in total. The van der Waals surface area contributed by atoms with Crippen LogP contribution in [0.5, 0.6) is 0 Å². The Morgan fingerprint density at radius 3 is 2.57 bits per heavy atom. The SMILES string of the molecule is CCCc1n[nH]c(=S)n1/N=C\c1ccc(C(F)(F)F)cc1. The molecule has 0 saturated heterocycles. The largest absolute Gasteiger partial charge is 0.416 e. The van der Waals surface area contributed by atoms with Crippen molar-refractivity contribution in [2.24, 2.45) is 5.10 Å². The van der Waals surface area contributed by atoms with Gasteiger partial charge in [0.25, 0.3) is 0 Å². The van der Waals surface area contributed by atoms with E-state index in [2.05, 4.69) is 15.3 Å². The van der Waals surface area contributed by atoms with Crippen molar-refractivity contribution in [1.29, 1.82) is 0 Å². The van der Waals surface area contributed by atoms with E-state index in [4.69, 9.17) is 12.2 Å². The molecule has 0 aliphatic heterocycles. The Hall–Kier alpha value is -1.96. The fourth-order valence-corrected chi connectivity index (χ4v) is 1.91. The van der Waals surface area contributed by atoms with Crippen molar-refractivity contribution in [3.63, 3.8) is 0 Å². The van der Waals surface area contributed by atoms with Gasteiger partial charge in [-0.15, -0.1) is 0 Å². The van der Waals surface area contributed by atoms with E-state index in [0.717, 1.165) is 18.6 Å². The summed E-state index contributed by atoms with van der Waals surface area (Å²) >= 11 is 5.05. The van der Waals surface area contributed by atoms with Crippen molar-refractivity contribution in [3.05, 3.63) is 46.0 Å². The number of aryl methyl sites for hydroxylation is 1. The summed E-state index contributed by atoms with van der Waals surface area (Å²) in [5.41, 5.74) is -0.139. The van der Waals surface area contributed by atoms with Gasteiger partial charge in [0.1, 0.15) is 0 Å². The maximum Gasteiger partial charge on any atom is 0.416 e. The molecule has 1 aromatic heterocycles. The molecule has 0 unspecified atom stereocenters. The highest BCUT2D eigenvalue weighted by Crippen LogP contribution is 2.28. The summed E-state index contributed by atoms with van der Waals surface area (Å²) in [6.07, 6.45) is -1.30. The second kappa shape index (κ2) is 6.21. The van der Waals surface area contributed by atoms with Crippen molar-refractivity contribution >= 4 is 18.4 Å². The predicted molar refractivity (Wildman–Crippen MR) is 75.8 cm³/mol. The fourth-order valence-electron chi connectivity index (χ4n) is 1.71. The minimum atomic E-state index is -4.34. The van der Waals surface area contributed by atoms with Crippen LogP contribution in [-0.4, -0.2) is 21.1 Å². The van der Waals surface area contributed by atoms with Gasteiger partial charge in [-0.05, 0) is 36.3 Å². The lowest BCUT2D eigenvalue weighted by atomic mass is 10.1. The van der Waals surface area contributed by atoms with Crippen LogP contribution >= 0.6 is 12.2 Å². The van der Waals surface area contributed by atoms with Crippen LogP contribution in [-0.2, 0) is 12.6 Å². The van der Waals surface area contributed by atoms with E-state index in [1.165, 1.54) is 23.0 Å². The lowest BCUT2D eigenvalue weighted by Gasteiger charge is -2.05. The number of alkyl halides is 3. The van der Waals surface area contributed by atoms with Crippen LogP contribution in [0.4, 0.5) is 13.2 Å². The molecule has 0 atom stereocenters. The van der Waals surface area contributed by atoms with Crippen molar-refractivity contribution in [2.45, 2.75) is 25.9 Å². The van der Waals surface area contributed by atoms with Crippen LogP contribution in [0, 0.1) is 4.77 Å². The number of H-pyrrole nitrogens is 1. The minimum Gasteiger partial charge on any atom is -0.250 e. The molecule has 1 N–H and O–H groups in total. The molecule has 0 fully saturated rings. The first kappa shape index (κ1) is 15.4. The Morgan fingerprint density at radius 1 is 1.33 bits per heavy atom. The van der Waals surface area contributed by atoms with Gasteiger partial charge in [0.15, 0.2) is 5.82 Å². The number of aromatic amines is 1. The smallest absolute Gasteiger partial charge is 0.250 e. The molecular weight excluding hydrogens is 301 g/mol. The molecule has 1 heterocycles. The number of benzene rings is 1. The topological polar surface area (TPSA) is 46.0 Å². The lowest BCUT2D eigenvalue weighted by molar-refractivity contribution is -0.137. The highest BCUT2D eigenvalue weighted by Gasteiger charge is 2.29. The average Bonchev–Trinajstić information content (AvgIpc) is 2.77. The quantitative estimate of drug-likeness (QED) is 0.689. The number of halogens is 3. The third kappa shape index (κ3) is 3.78. The maximum absolute atomic E-state index is 12.5. The van der Waals surface area contributed by atoms with E-state index in [1.807, 2.05) is 6.92 Å². The molecule has 0 aliphatic carbocycles. The molecule has 0 radical (unpaired) electrons. The number of hydrogen-bond donors (Lipinski definition) is 1. The second-order valence-corrected chi connectivity index (χ2v) is 4.76. The van der Waals surface area contributed by atoms with Crippen LogP contribution in [0.15, 0.2) is 29.4 Å². The van der Waals surface area contributed by atoms with Gasteiger partial charge in [-0.2, -0.15) is 28.0 Å². The highest BCUT2D eigenvalue weighted by molar-refractivity contribution is 7.71. The molecule has 0 bridgehead atoms. The zero-order valence-electron chi connectivity index (χ0n) is 11.2. The molecule has 0 amide bonds. The first-order valence-corrected chi connectivity index (χ1v) is 6.70. The van der Waals surface area contributed by atoms with Crippen molar-refractivity contribution in [1.82, 2.24) is 14.9 Å². The zero-order valence-corrected chi connectivity index (χ0v) is 12.0. The van der Waals surface area contributed by atoms with E-state index in [-0.39, 0.29) is 0 Å². The summed E-state index contributed by atoms with van der Waals surface area (Å²) in [6.45, 7) is 2.00. The van der Waals surface area contributed by atoms with Gasteiger partial charge in [0.05, 0.1) is 11.8 Å². The van der Waals surface area contributed by atoms with E-state index < -0.39 is 11.7 Å². The van der Waals surface area contributed by atoms with Crippen LogP contribution in [0.3, 0.4) is 0 Å². The molecule has 0 saturated carbocycles. The van der Waals surface area contributed by atoms with E-state index in [9.17, 15) is 13.2 Å². The summed E-state index contributed by atoms with van der Waals surface area (Å²) in [4.78, 5) is 0. The first-order chi connectivity index (χ1) is 9.91. The van der Waals surface area contributed by atoms with Gasteiger partial charge >= 0.3 is 6.18 Å². The van der Waals surface area contributed by atoms with Crippen LogP contribution in [0.25, 0.3) is 0 Å². The molecule has 0 spiro atoms. The Bertz CT molecular complexity index is 683. The van der Waals surface area contributed by atoms with Crippen LogP contribution < -0.4 is 0 Å². The fraction of sp³-hybridized carbons (Fsp3) is 0.308. The van der Waals surface area contributed by atoms with Gasteiger partial charge in [0.2, 0.25) is 4.77 Å². The minimum absolute atomic E-state index is 0.349. The Kier molecular flexibility index (Phi) is 4.56. The summed E-state index contributed by atoms with van der Waals surface area (Å²) in [6, 6.07) is 4.75. The standard InChI is InChI=1S/C13H13F3N4S/c1-2-3-11-18-19-12(21)20(11)17-8-9-4-6-10(7-5-9)13(14,15)16/h4-8H,2-3H2,1H3,(H,19,21)/b17-8-. The first-order valence-electron chi connectivity index (χ1n) is 6.29. The van der Waals surface area contributed by atoms with Crippen molar-refractivity contribution in [3.8, 4) is 0 Å². The predicted octanol–water partition coefficient (Wildman–Crippen LogP) is 3.79. The highest BCUT2D eigenvalue weighted by atomic mass is 32.1. The van der Waals surface area contributed by atoms with Gasteiger partial charge < -0.3 is 0 Å². The number of rotatable bonds is 4. The molecule has 8 heteroatoms. The Balaban J connectivity index is 2.22. The third-order valence-electron chi connectivity index (χ3n) is 2.75. The van der Waals surface area contributed by atoms with Gasteiger partial charge in [0, 0.05) is 6.42 Å². The summed E-state index contributed by atoms with van der Waals surface area (Å²) < 4.78 is 39.2. The molecule has 2 aromatic rings. The second-order valence-electron chi connectivity index (χ2n) is 4.37. The zero-order chi connectivity index (χ0) is 15.5. The molecular formula is C13H13F3N4S. The van der Waals surface area contributed by atoms with Gasteiger partial charge in [-0.3, -0.25) is 5.10 Å². The number of nitrogens with zero attached hydrogens (tertiary/aromatic N) is 3. The normalized spacial score (nSPS) is 12.2. The van der Waals surface area contributed by atoms with Gasteiger partial charge in [-0.25, -0.2) is 0 Å². The number of nitrogens with one attached hydrogen (secondary N) is 1.